The van der Waals surface area contributed by atoms with Crippen LogP contribution in [0.3, 0.4) is 0 Å². The molecule has 0 aliphatic carbocycles. The van der Waals surface area contributed by atoms with Crippen molar-refractivity contribution in [2.24, 2.45) is 0 Å². The van der Waals surface area contributed by atoms with Gasteiger partial charge < -0.3 is 93.5 Å². The van der Waals surface area contributed by atoms with Crippen LogP contribution in [0, 0.1) is 27.7 Å². The monoisotopic (exact) mass is 1480 g/mol. The van der Waals surface area contributed by atoms with Gasteiger partial charge in [0.1, 0.15) is 84.6 Å². The summed E-state index contributed by atoms with van der Waals surface area (Å²) < 4.78 is 140. The van der Waals surface area contributed by atoms with Crippen LogP contribution < -0.4 is 45.5 Å². The molecule has 39 nitrogen and oxygen atoms in total. The van der Waals surface area contributed by atoms with Gasteiger partial charge in [-0.1, -0.05) is 19.2 Å². The number of hydrogen-bond donors (Lipinski definition) is 8. The Morgan fingerprint density at radius 2 is 0.876 bits per heavy atom. The van der Waals surface area contributed by atoms with E-state index in [2.05, 4.69) is 32.2 Å². The van der Waals surface area contributed by atoms with Crippen molar-refractivity contribution in [2.75, 3.05) is 118 Å². The number of rotatable bonds is 36. The number of nitrogens with zero attached hydrogens (tertiary/aromatic N) is 7. The lowest BCUT2D eigenvalue weighted by molar-refractivity contribution is -0.0844. The fourth-order valence-electron chi connectivity index (χ4n) is 10.8. The number of aromatic nitrogens is 8. The summed E-state index contributed by atoms with van der Waals surface area (Å²) in [5.74, 6) is -0.306. The van der Waals surface area contributed by atoms with Crippen molar-refractivity contribution in [3.63, 3.8) is 0 Å². The number of hydrogen-bond acceptors (Lipinski definition) is 33. The summed E-state index contributed by atoms with van der Waals surface area (Å²) in [6, 6.07) is 0. The van der Waals surface area contributed by atoms with Crippen molar-refractivity contribution < 1.29 is 108 Å². The molecule has 0 spiro atoms. The summed E-state index contributed by atoms with van der Waals surface area (Å²) in [5, 5.41) is 11.6. The molecule has 0 saturated carbocycles. The Balaban J connectivity index is 1.09. The summed E-state index contributed by atoms with van der Waals surface area (Å²) in [6.07, 6.45) is -18.2. The number of aromatic amines is 1. The molecule has 4 saturated heterocycles. The number of aliphatic hydroxyl groups is 1. The standard InChI is InChI=1S/C53H82N11O28P3S2/c1-10-30-35(39(80-16-12-76-7)47(86-30)61-19-26(2)42(54)57-50(61)67)90-93(71,72)83-24-32-36(40(81-17-13-77-8)48(88-32)62-20-27(3)43(55)58-51(62)68)91-95(74,97)85-25-33-37(41(82-18-14-78-9)49(89-33)63-21-28(4)44(56)59-52(63)69)92-94(73,96)84-23-31-34(65)38(79-15-11-75-6)46(87-31)64-22-29(5)45(66)60-53(64)70/h19-22,30-41,46-49,65H,10-18,23-25H2,1-9H3,(H,71,72)(H,73,96)(H,74,97)(H2,54,57,67)(H2,55,58,68)(H2,56,59,69)(H,60,66,70)/t30-,31-,32-,33-,34?,35?,36?,37?,38+,39+,40+,41+,46-,47-,48-,49-,94?,95?/m1/s1. The number of ether oxygens (including phenoxy) is 12. The highest BCUT2D eigenvalue weighted by Crippen LogP contribution is 2.58. The van der Waals surface area contributed by atoms with Gasteiger partial charge in [0, 0.05) is 75.5 Å². The molecule has 0 radical (unpaired) electrons. The van der Waals surface area contributed by atoms with Gasteiger partial charge in [-0.3, -0.25) is 50.7 Å². The number of methoxy groups -OCH3 is 4. The van der Waals surface area contributed by atoms with Crippen molar-refractivity contribution in [3.05, 3.63) is 99.3 Å². The predicted molar refractivity (Wildman–Crippen MR) is 343 cm³/mol. The van der Waals surface area contributed by atoms with Gasteiger partial charge in [0.2, 0.25) is 0 Å². The summed E-state index contributed by atoms with van der Waals surface area (Å²) in [4.78, 5) is 104. The van der Waals surface area contributed by atoms with Crippen LogP contribution in [0.15, 0.2) is 48.8 Å². The first-order chi connectivity index (χ1) is 46.0. The first-order valence-electron chi connectivity index (χ1n) is 30.0. The van der Waals surface area contributed by atoms with Crippen LogP contribution in [0.2, 0.25) is 0 Å². The molecular formula is C53H82N11O28P3S2. The van der Waals surface area contributed by atoms with E-state index in [1.165, 1.54) is 67.1 Å². The predicted octanol–water partition coefficient (Wildman–Crippen LogP) is -0.665. The number of phosphoric ester groups is 1. The normalized spacial score (nSPS) is 29.2. The van der Waals surface area contributed by atoms with Gasteiger partial charge in [-0.25, -0.2) is 28.3 Å². The largest absolute Gasteiger partial charge is 0.472 e. The first-order valence-corrected chi connectivity index (χ1v) is 36.8. The van der Waals surface area contributed by atoms with Crippen LogP contribution in [0.1, 0.15) is 60.5 Å². The summed E-state index contributed by atoms with van der Waals surface area (Å²) in [7, 11) is 0.212. The summed E-state index contributed by atoms with van der Waals surface area (Å²) in [5.41, 5.74) is 14.7. The number of phosphoric acid groups is 1. The van der Waals surface area contributed by atoms with Crippen LogP contribution in [0.5, 0.6) is 0 Å². The Bertz CT molecular complexity index is 3800. The van der Waals surface area contributed by atoms with Crippen molar-refractivity contribution in [3.8, 4) is 0 Å². The van der Waals surface area contributed by atoms with Gasteiger partial charge >= 0.3 is 44.1 Å². The molecular weight excluding hydrogens is 1400 g/mol. The smallest absolute Gasteiger partial charge is 0.387 e. The second kappa shape index (κ2) is 34.3. The van der Waals surface area contributed by atoms with E-state index in [4.69, 9.17) is 113 Å². The van der Waals surface area contributed by atoms with E-state index < -0.39 is 168 Å². The molecule has 19 atom stereocenters. The second-order valence-corrected chi connectivity index (χ2v) is 29.5. The fraction of sp³-hybridized carbons (Fsp3) is 0.698. The third kappa shape index (κ3) is 19.3. The molecule has 4 aliphatic heterocycles. The number of nitrogens with one attached hydrogen (secondary N) is 1. The van der Waals surface area contributed by atoms with E-state index in [1.807, 2.05) is 0 Å². The minimum atomic E-state index is -5.36. The van der Waals surface area contributed by atoms with Crippen LogP contribution in [-0.2, 0) is 105 Å². The zero-order valence-electron chi connectivity index (χ0n) is 54.1. The topological polar surface area (TPSA) is 499 Å². The molecule has 44 heteroatoms. The molecule has 97 heavy (non-hydrogen) atoms. The molecule has 0 aromatic carbocycles. The van der Waals surface area contributed by atoms with Crippen LogP contribution in [0.4, 0.5) is 17.5 Å². The summed E-state index contributed by atoms with van der Waals surface area (Å²) >= 11 is 9.94. The molecule has 4 aliphatic rings. The number of thiol groups is 1. The van der Waals surface area contributed by atoms with Crippen LogP contribution >= 0.6 is 33.6 Å². The highest BCUT2D eigenvalue weighted by atomic mass is 32.7. The number of nitrogens with two attached hydrogens (primary N) is 3. The lowest BCUT2D eigenvalue weighted by atomic mass is 10.1. The van der Waals surface area contributed by atoms with Gasteiger partial charge in [-0.2, -0.15) is 15.0 Å². The van der Waals surface area contributed by atoms with Crippen molar-refractivity contribution in [1.29, 1.82) is 0 Å². The maximum Gasteiger partial charge on any atom is 0.472 e. The van der Waals surface area contributed by atoms with Crippen LogP contribution in [0.25, 0.3) is 0 Å². The van der Waals surface area contributed by atoms with Gasteiger partial charge in [0.25, 0.3) is 5.56 Å². The van der Waals surface area contributed by atoms with Gasteiger partial charge in [0.15, 0.2) is 24.9 Å². The lowest BCUT2D eigenvalue weighted by Crippen LogP contribution is -2.41. The highest BCUT2D eigenvalue weighted by Gasteiger charge is 2.56. The number of aryl methyl sites for hydroxylation is 4. The third-order valence-corrected chi connectivity index (χ3v) is 19.9. The van der Waals surface area contributed by atoms with Crippen molar-refractivity contribution >= 4 is 62.8 Å². The van der Waals surface area contributed by atoms with Crippen molar-refractivity contribution in [1.82, 2.24) is 38.2 Å². The first kappa shape index (κ1) is 78.1. The molecule has 544 valence electrons. The molecule has 4 fully saturated rings. The van der Waals surface area contributed by atoms with Crippen molar-refractivity contribution in [2.45, 2.75) is 139 Å². The maximum atomic E-state index is 15.1. The average Bonchev–Trinajstić information content (AvgIpc) is 1.67. The van der Waals surface area contributed by atoms with Gasteiger partial charge in [-0.15, -0.1) is 0 Å². The number of aliphatic hydroxyl groups excluding tert-OH is 1. The van der Waals surface area contributed by atoms with E-state index >= 15 is 4.57 Å². The van der Waals surface area contributed by atoms with E-state index in [0.717, 1.165) is 18.3 Å². The molecule has 8 heterocycles. The Morgan fingerprint density at radius 1 is 0.515 bits per heavy atom. The minimum absolute atomic E-state index is 0.0411. The molecule has 0 bridgehead atoms. The fourth-order valence-corrected chi connectivity index (χ4v) is 14.6. The third-order valence-electron chi connectivity index (χ3n) is 15.7. The van der Waals surface area contributed by atoms with Crippen LogP contribution in [-0.4, -0.2) is 227 Å². The van der Waals surface area contributed by atoms with E-state index in [0.29, 0.717) is 11.1 Å². The molecule has 4 aromatic rings. The summed E-state index contributed by atoms with van der Waals surface area (Å²) in [6.45, 7) is -5.16. The quantitative estimate of drug-likeness (QED) is 0.0159. The molecule has 8 rings (SSSR count). The highest BCUT2D eigenvalue weighted by molar-refractivity contribution is 8.44. The SMILES string of the molecule is CC[C@H]1O[C@@H](n2cc(C)c(N)nc2=O)[C@@H](OCCOC)C1OP(=O)(O)OC[C@H]1O[C@@H](n2cc(C)c(N)nc2=O)[C@@H](OCCOC)C1OP(=O)(S)OC[C@H]1O[C@@H](n2cc(C)c(N)nc2=O)[C@@H](OCCOC)C1OP(O)(=S)OC[C@H]1O[C@@H](n2cc(C)c(=O)[nH]c2=O)[C@@H](OCCOC)C1O. The zero-order valence-corrected chi connectivity index (χ0v) is 58.5. The molecule has 0 amide bonds. The Morgan fingerprint density at radius 3 is 1.31 bits per heavy atom. The molecule has 7 unspecified atom stereocenters. The van der Waals surface area contributed by atoms with E-state index in [1.54, 1.807) is 20.8 Å². The molecule has 4 aromatic heterocycles. The Labute approximate surface area is 563 Å². The number of H-pyrrole nitrogens is 1. The zero-order chi connectivity index (χ0) is 70.8. The minimum Gasteiger partial charge on any atom is -0.387 e. The molecule has 10 N–H and O–H groups in total. The van der Waals surface area contributed by atoms with Gasteiger partial charge in [0.05, 0.1) is 78.8 Å². The second-order valence-electron chi connectivity index (χ2n) is 22.5. The number of nitrogen functional groups attached to an aromatic ring is 3. The Hall–Kier alpha value is -4.66. The van der Waals surface area contributed by atoms with Gasteiger partial charge in [-0.05, 0) is 45.9 Å². The lowest BCUT2D eigenvalue weighted by Gasteiger charge is -2.30. The average molecular weight is 1480 g/mol. The maximum absolute atomic E-state index is 15.1. The van der Waals surface area contributed by atoms with E-state index in [9.17, 15) is 43.4 Å². The number of anilines is 3. The van der Waals surface area contributed by atoms with E-state index in [-0.39, 0.29) is 87.9 Å². The Kier molecular flexibility index (Phi) is 27.6.